The zero-order chi connectivity index (χ0) is 15.2. The van der Waals surface area contributed by atoms with E-state index < -0.39 is 0 Å². The smallest absolute Gasteiger partial charge is 0.203 e. The lowest BCUT2D eigenvalue weighted by molar-refractivity contribution is 0.265. The van der Waals surface area contributed by atoms with Crippen molar-refractivity contribution in [1.82, 2.24) is 0 Å². The van der Waals surface area contributed by atoms with Crippen LogP contribution in [-0.4, -0.2) is 14.2 Å². The Labute approximate surface area is 132 Å². The van der Waals surface area contributed by atoms with Gasteiger partial charge in [-0.05, 0) is 18.2 Å². The van der Waals surface area contributed by atoms with Crippen molar-refractivity contribution in [1.29, 1.82) is 5.26 Å². The van der Waals surface area contributed by atoms with Gasteiger partial charge in [-0.15, -0.1) is 0 Å². The molecule has 0 fully saturated rings. The molecule has 0 unspecified atom stereocenters. The van der Waals surface area contributed by atoms with Gasteiger partial charge in [0.2, 0.25) is 5.75 Å². The Morgan fingerprint density at radius 3 is 2.29 bits per heavy atom. The molecule has 0 N–H and O–H groups in total. The molecule has 5 heteroatoms. The lowest BCUT2D eigenvalue weighted by Gasteiger charge is -2.15. The molecule has 0 heterocycles. The first-order valence-electron chi connectivity index (χ1n) is 6.22. The quantitative estimate of drug-likeness (QED) is 0.822. The molecule has 0 aliphatic rings. The molecule has 4 nitrogen and oxygen atoms in total. The van der Waals surface area contributed by atoms with E-state index in [0.29, 0.717) is 22.8 Å². The van der Waals surface area contributed by atoms with Gasteiger partial charge in [0.1, 0.15) is 6.61 Å². The molecule has 2 aromatic carbocycles. The van der Waals surface area contributed by atoms with Crippen molar-refractivity contribution in [3.05, 3.63) is 52.0 Å². The van der Waals surface area contributed by atoms with Crippen molar-refractivity contribution in [2.24, 2.45) is 0 Å². The largest absolute Gasteiger partial charge is 0.493 e. The van der Waals surface area contributed by atoms with E-state index in [1.54, 1.807) is 32.4 Å². The Bertz CT molecular complexity index is 654. The van der Waals surface area contributed by atoms with Gasteiger partial charge in [0.25, 0.3) is 0 Å². The first-order chi connectivity index (χ1) is 10.2. The second kappa shape index (κ2) is 7.00. The molecule has 0 aliphatic carbocycles. The van der Waals surface area contributed by atoms with Crippen LogP contribution >= 0.6 is 15.9 Å². The number of nitrogens with zero attached hydrogens (tertiary/aromatic N) is 1. The van der Waals surface area contributed by atoms with Crippen molar-refractivity contribution < 1.29 is 14.2 Å². The molecule has 21 heavy (non-hydrogen) atoms. The fraction of sp³-hybridized carbons (Fsp3) is 0.188. The van der Waals surface area contributed by atoms with Crippen molar-refractivity contribution >= 4 is 15.9 Å². The molecule has 0 atom stereocenters. The third kappa shape index (κ3) is 3.47. The molecule has 0 aromatic heterocycles. The maximum atomic E-state index is 9.09. The molecule has 0 saturated carbocycles. The number of methoxy groups -OCH3 is 2. The van der Waals surface area contributed by atoms with Crippen LogP contribution in [0.3, 0.4) is 0 Å². The molecule has 2 aromatic rings. The van der Waals surface area contributed by atoms with E-state index in [2.05, 4.69) is 22.0 Å². The van der Waals surface area contributed by atoms with Crippen LogP contribution in [0.4, 0.5) is 0 Å². The van der Waals surface area contributed by atoms with Crippen LogP contribution in [0, 0.1) is 11.3 Å². The summed E-state index contributed by atoms with van der Waals surface area (Å²) < 4.78 is 17.3. The third-order valence-electron chi connectivity index (χ3n) is 2.94. The maximum absolute atomic E-state index is 9.09. The summed E-state index contributed by atoms with van der Waals surface area (Å²) in [6, 6.07) is 13.1. The van der Waals surface area contributed by atoms with E-state index in [9.17, 15) is 0 Å². The molecule has 0 bridgehead atoms. The Morgan fingerprint density at radius 2 is 1.71 bits per heavy atom. The van der Waals surface area contributed by atoms with E-state index in [0.717, 1.165) is 10.0 Å². The van der Waals surface area contributed by atoms with E-state index in [1.165, 1.54) is 0 Å². The minimum absolute atomic E-state index is 0.262. The van der Waals surface area contributed by atoms with Gasteiger partial charge in [0.05, 0.1) is 25.9 Å². The lowest BCUT2D eigenvalue weighted by Crippen LogP contribution is -2.01. The average Bonchev–Trinajstić information content (AvgIpc) is 2.52. The summed E-state index contributed by atoms with van der Waals surface area (Å²) >= 11 is 3.39. The molecular formula is C16H14BrNO3. The number of hydrogen-bond acceptors (Lipinski definition) is 4. The molecule has 0 aliphatic heterocycles. The van der Waals surface area contributed by atoms with Crippen LogP contribution in [-0.2, 0) is 6.61 Å². The van der Waals surface area contributed by atoms with Crippen LogP contribution in [0.25, 0.3) is 0 Å². The highest BCUT2D eigenvalue weighted by molar-refractivity contribution is 9.10. The highest BCUT2D eigenvalue weighted by Gasteiger charge is 2.14. The third-order valence-corrected chi connectivity index (χ3v) is 3.39. The Hall–Kier alpha value is -2.19. The summed E-state index contributed by atoms with van der Waals surface area (Å²) in [6.07, 6.45) is 0. The second-order valence-corrected chi connectivity index (χ2v) is 5.11. The summed E-state index contributed by atoms with van der Waals surface area (Å²) in [6.45, 7) is 0.262. The fourth-order valence-electron chi connectivity index (χ4n) is 1.90. The van der Waals surface area contributed by atoms with Gasteiger partial charge in [-0.25, -0.2) is 0 Å². The summed E-state index contributed by atoms with van der Waals surface area (Å²) in [5, 5.41) is 9.09. The van der Waals surface area contributed by atoms with Gasteiger partial charge in [-0.2, -0.15) is 5.26 Å². The van der Waals surface area contributed by atoms with Crippen LogP contribution in [0.5, 0.6) is 17.2 Å². The zero-order valence-corrected chi connectivity index (χ0v) is 13.3. The monoisotopic (exact) mass is 347 g/mol. The first kappa shape index (κ1) is 15.2. The standard InChI is InChI=1S/C16H14BrNO3/c1-19-14-7-13(17)8-15(20-2)16(14)21-10-12-6-4-3-5-11(12)9-18/h3-8H,10H2,1-2H3. The number of halogens is 1. The van der Waals surface area contributed by atoms with Gasteiger partial charge >= 0.3 is 0 Å². The van der Waals surface area contributed by atoms with E-state index in [-0.39, 0.29) is 6.61 Å². The van der Waals surface area contributed by atoms with Gasteiger partial charge in [0.15, 0.2) is 11.5 Å². The molecular weight excluding hydrogens is 334 g/mol. The summed E-state index contributed by atoms with van der Waals surface area (Å²) in [7, 11) is 3.13. The van der Waals surface area contributed by atoms with E-state index in [1.807, 2.05) is 18.2 Å². The zero-order valence-electron chi connectivity index (χ0n) is 11.7. The highest BCUT2D eigenvalue weighted by Crippen LogP contribution is 2.40. The van der Waals surface area contributed by atoms with Gasteiger partial charge in [-0.3, -0.25) is 0 Å². The van der Waals surface area contributed by atoms with Crippen molar-refractivity contribution in [2.45, 2.75) is 6.61 Å². The number of ether oxygens (including phenoxy) is 3. The SMILES string of the molecule is COc1cc(Br)cc(OC)c1OCc1ccccc1C#N. The number of hydrogen-bond donors (Lipinski definition) is 0. The van der Waals surface area contributed by atoms with Gasteiger partial charge in [0, 0.05) is 10.0 Å². The maximum Gasteiger partial charge on any atom is 0.203 e. The van der Waals surface area contributed by atoms with Gasteiger partial charge in [-0.1, -0.05) is 34.1 Å². The first-order valence-corrected chi connectivity index (χ1v) is 7.01. The Kier molecular flexibility index (Phi) is 5.07. The van der Waals surface area contributed by atoms with Crippen LogP contribution in [0.15, 0.2) is 40.9 Å². The minimum Gasteiger partial charge on any atom is -0.493 e. The normalized spacial score (nSPS) is 9.81. The molecule has 0 amide bonds. The van der Waals surface area contributed by atoms with Gasteiger partial charge < -0.3 is 14.2 Å². The molecule has 108 valence electrons. The molecule has 0 radical (unpaired) electrons. The number of nitriles is 1. The summed E-state index contributed by atoms with van der Waals surface area (Å²) in [5.41, 5.74) is 1.40. The van der Waals surface area contributed by atoms with Crippen LogP contribution in [0.2, 0.25) is 0 Å². The van der Waals surface area contributed by atoms with Crippen LogP contribution in [0.1, 0.15) is 11.1 Å². The predicted octanol–water partition coefficient (Wildman–Crippen LogP) is 3.92. The minimum atomic E-state index is 0.262. The highest BCUT2D eigenvalue weighted by atomic mass is 79.9. The summed E-state index contributed by atoms with van der Waals surface area (Å²) in [5.74, 6) is 1.64. The van der Waals surface area contributed by atoms with Crippen molar-refractivity contribution in [3.63, 3.8) is 0 Å². The number of benzene rings is 2. The van der Waals surface area contributed by atoms with E-state index in [4.69, 9.17) is 19.5 Å². The molecule has 0 spiro atoms. The van der Waals surface area contributed by atoms with Crippen LogP contribution < -0.4 is 14.2 Å². The fourth-order valence-corrected chi connectivity index (χ4v) is 2.31. The molecule has 0 saturated heterocycles. The topological polar surface area (TPSA) is 51.5 Å². The second-order valence-electron chi connectivity index (χ2n) is 4.20. The summed E-state index contributed by atoms with van der Waals surface area (Å²) in [4.78, 5) is 0. The van der Waals surface area contributed by atoms with Crippen molar-refractivity contribution in [2.75, 3.05) is 14.2 Å². The van der Waals surface area contributed by atoms with E-state index >= 15 is 0 Å². The average molecular weight is 348 g/mol. The lowest BCUT2D eigenvalue weighted by atomic mass is 10.1. The number of rotatable bonds is 5. The molecule has 2 rings (SSSR count). The van der Waals surface area contributed by atoms with Crippen molar-refractivity contribution in [3.8, 4) is 23.3 Å². The Balaban J connectivity index is 2.30. The predicted molar refractivity (Wildman–Crippen MR) is 82.7 cm³/mol. The Morgan fingerprint density at radius 1 is 1.10 bits per heavy atom.